The number of aromatic nitrogens is 2. The first kappa shape index (κ1) is 22.7. The van der Waals surface area contributed by atoms with E-state index >= 15 is 0 Å². The van der Waals surface area contributed by atoms with Gasteiger partial charge in [0, 0.05) is 14.1 Å². The summed E-state index contributed by atoms with van der Waals surface area (Å²) in [5, 5.41) is 12.4. The minimum absolute atomic E-state index is 0.0649. The number of rotatable bonds is 4. The molecule has 0 fully saturated rings. The minimum Gasteiger partial charge on any atom is -0.425 e. The number of imidazole rings is 1. The van der Waals surface area contributed by atoms with Gasteiger partial charge < -0.3 is 14.7 Å². The quantitative estimate of drug-likeness (QED) is 0.457. The Bertz CT molecular complexity index is 1430. The van der Waals surface area contributed by atoms with Crippen LogP contribution in [0.25, 0.3) is 10.8 Å². The molecule has 10 heteroatoms. The molecule has 180 valence electrons. The number of hydrogen-bond donors (Lipinski definition) is 1. The van der Waals surface area contributed by atoms with E-state index in [-0.39, 0.29) is 29.8 Å². The third-order valence-electron chi connectivity index (χ3n) is 6.04. The van der Waals surface area contributed by atoms with Gasteiger partial charge in [-0.25, -0.2) is 0 Å². The molecule has 0 radical (unpaired) electrons. The molecule has 5 rings (SSSR count). The van der Waals surface area contributed by atoms with Gasteiger partial charge >= 0.3 is 12.2 Å². The van der Waals surface area contributed by atoms with Crippen LogP contribution in [0.4, 0.5) is 19.0 Å². The van der Waals surface area contributed by atoms with Crippen LogP contribution in [0.15, 0.2) is 66.7 Å². The number of hydrogen-bond acceptors (Lipinski definition) is 5. The third-order valence-corrected chi connectivity index (χ3v) is 6.04. The van der Waals surface area contributed by atoms with Crippen LogP contribution >= 0.6 is 0 Å². The van der Waals surface area contributed by atoms with E-state index in [0.29, 0.717) is 0 Å². The highest BCUT2D eigenvalue weighted by molar-refractivity contribution is 5.99. The third kappa shape index (κ3) is 3.95. The predicted octanol–water partition coefficient (Wildman–Crippen LogP) is 4.69. The summed E-state index contributed by atoms with van der Waals surface area (Å²) in [6.45, 7) is 0.168. The number of aliphatic hydroxyl groups excluding tert-OH is 1. The van der Waals surface area contributed by atoms with Gasteiger partial charge in [-0.05, 0) is 34.5 Å². The number of amides is 1. The van der Waals surface area contributed by atoms with Crippen molar-refractivity contribution in [2.45, 2.75) is 19.1 Å². The van der Waals surface area contributed by atoms with Gasteiger partial charge in [-0.2, -0.15) is 18.2 Å². The second-order valence-corrected chi connectivity index (χ2v) is 8.29. The molecular formula is C25H21F3N4O3. The van der Waals surface area contributed by atoms with Crippen molar-refractivity contribution in [3.8, 4) is 11.8 Å². The first-order valence-corrected chi connectivity index (χ1v) is 10.8. The lowest BCUT2D eigenvalue weighted by Gasteiger charge is -2.36. The van der Waals surface area contributed by atoms with Crippen molar-refractivity contribution >= 4 is 22.5 Å². The van der Waals surface area contributed by atoms with Crippen LogP contribution in [0.5, 0.6) is 11.8 Å². The average Bonchev–Trinajstić information content (AvgIpc) is 3.19. The molecule has 0 saturated heterocycles. The van der Waals surface area contributed by atoms with Crippen LogP contribution in [0.3, 0.4) is 0 Å². The van der Waals surface area contributed by atoms with Crippen molar-refractivity contribution in [3.63, 3.8) is 0 Å². The normalized spacial score (nSPS) is 16.1. The van der Waals surface area contributed by atoms with E-state index in [9.17, 15) is 23.1 Å². The van der Waals surface area contributed by atoms with E-state index in [2.05, 4.69) is 4.98 Å². The molecule has 0 spiro atoms. The van der Waals surface area contributed by atoms with Crippen molar-refractivity contribution in [3.05, 3.63) is 83.6 Å². The van der Waals surface area contributed by atoms with Gasteiger partial charge in [0.1, 0.15) is 5.75 Å². The molecule has 7 nitrogen and oxygen atoms in total. The largest absolute Gasteiger partial charge is 0.425 e. The minimum atomic E-state index is -4.54. The summed E-state index contributed by atoms with van der Waals surface area (Å²) in [5.41, 5.74) is 0.159. The number of halogens is 3. The zero-order chi connectivity index (χ0) is 24.9. The van der Waals surface area contributed by atoms with Crippen molar-refractivity contribution in [1.29, 1.82) is 0 Å². The molecule has 1 aromatic heterocycles. The number of benzene rings is 3. The second-order valence-electron chi connectivity index (χ2n) is 8.29. The molecular weight excluding hydrogens is 461 g/mol. The molecule has 0 saturated carbocycles. The Morgan fingerprint density at radius 3 is 2.49 bits per heavy atom. The standard InChI is InChI=1S/C25H21F3N4O3/c1-30-21-20(22(33)31(2)24(30)34)32(14-16-9-5-8-15-7-3-4-12-19(15)16)23(29-21)35-18-11-6-10-17(13-18)25(26,27)28/h3-13,24,34H,14H2,1-2H3. The maximum Gasteiger partial charge on any atom is 0.416 e. The van der Waals surface area contributed by atoms with Gasteiger partial charge in [0.15, 0.2) is 11.5 Å². The zero-order valence-electron chi connectivity index (χ0n) is 18.8. The molecule has 3 aromatic carbocycles. The number of carbonyl (C=O) groups excluding carboxylic acids is 1. The second kappa shape index (κ2) is 8.31. The summed E-state index contributed by atoms with van der Waals surface area (Å²) < 4.78 is 47.1. The van der Waals surface area contributed by atoms with Gasteiger partial charge in [-0.3, -0.25) is 14.3 Å². The zero-order valence-corrected chi connectivity index (χ0v) is 18.8. The highest BCUT2D eigenvalue weighted by Gasteiger charge is 2.39. The first-order valence-electron chi connectivity index (χ1n) is 10.8. The highest BCUT2D eigenvalue weighted by atomic mass is 19.4. The molecule has 4 aromatic rings. The average molecular weight is 482 g/mol. The Kier molecular flexibility index (Phi) is 5.40. The molecule has 35 heavy (non-hydrogen) atoms. The molecule has 1 atom stereocenters. The smallest absolute Gasteiger partial charge is 0.416 e. The van der Waals surface area contributed by atoms with Crippen molar-refractivity contribution < 1.29 is 27.8 Å². The van der Waals surface area contributed by atoms with Crippen molar-refractivity contribution in [2.24, 2.45) is 0 Å². The van der Waals surface area contributed by atoms with E-state index in [1.807, 2.05) is 42.5 Å². The fourth-order valence-electron chi connectivity index (χ4n) is 4.19. The Hall–Kier alpha value is -4.05. The highest BCUT2D eigenvalue weighted by Crippen LogP contribution is 2.37. The van der Waals surface area contributed by atoms with E-state index in [1.54, 1.807) is 7.05 Å². The number of aliphatic hydroxyl groups is 1. The lowest BCUT2D eigenvalue weighted by Crippen LogP contribution is -2.52. The Morgan fingerprint density at radius 1 is 1.00 bits per heavy atom. The Balaban J connectivity index is 1.65. The van der Waals surface area contributed by atoms with Crippen LogP contribution in [-0.2, 0) is 12.7 Å². The number of alkyl halides is 3. The van der Waals surface area contributed by atoms with Crippen LogP contribution in [0.2, 0.25) is 0 Å². The molecule has 1 aliphatic rings. The van der Waals surface area contributed by atoms with Gasteiger partial charge in [0.05, 0.1) is 12.1 Å². The van der Waals surface area contributed by atoms with E-state index in [0.717, 1.165) is 33.4 Å². The van der Waals surface area contributed by atoms with Gasteiger partial charge in [0.2, 0.25) is 6.35 Å². The monoisotopic (exact) mass is 482 g/mol. The molecule has 2 heterocycles. The molecule has 1 N–H and O–H groups in total. The SMILES string of the molecule is CN1C(=O)c2c(nc(Oc3cccc(C(F)(F)F)c3)n2Cc2cccc3ccccc23)N(C)C1O. The van der Waals surface area contributed by atoms with E-state index < -0.39 is 24.0 Å². The van der Waals surface area contributed by atoms with Crippen LogP contribution in [-0.4, -0.2) is 45.9 Å². The van der Waals surface area contributed by atoms with E-state index in [1.165, 1.54) is 28.6 Å². The summed E-state index contributed by atoms with van der Waals surface area (Å²) in [4.78, 5) is 20.1. The van der Waals surface area contributed by atoms with Crippen LogP contribution in [0.1, 0.15) is 21.6 Å². The molecule has 1 unspecified atom stereocenters. The van der Waals surface area contributed by atoms with Crippen molar-refractivity contribution in [2.75, 3.05) is 19.0 Å². The lowest BCUT2D eigenvalue weighted by molar-refractivity contribution is -0.137. The van der Waals surface area contributed by atoms with E-state index in [4.69, 9.17) is 4.74 Å². The predicted molar refractivity (Wildman–Crippen MR) is 123 cm³/mol. The Morgan fingerprint density at radius 2 is 1.71 bits per heavy atom. The lowest BCUT2D eigenvalue weighted by atomic mass is 10.0. The fourth-order valence-corrected chi connectivity index (χ4v) is 4.19. The number of anilines is 1. The summed E-state index contributed by atoms with van der Waals surface area (Å²) >= 11 is 0. The van der Waals surface area contributed by atoms with Crippen molar-refractivity contribution in [1.82, 2.24) is 14.5 Å². The van der Waals surface area contributed by atoms with Gasteiger partial charge in [-0.1, -0.05) is 48.5 Å². The number of nitrogens with zero attached hydrogens (tertiary/aromatic N) is 4. The Labute approximate surface area is 198 Å². The molecule has 1 aliphatic heterocycles. The maximum absolute atomic E-state index is 13.2. The summed E-state index contributed by atoms with van der Waals surface area (Å²) in [7, 11) is 3.02. The van der Waals surface area contributed by atoms with Gasteiger partial charge in [0.25, 0.3) is 5.91 Å². The first-order chi connectivity index (χ1) is 16.6. The molecule has 0 bridgehead atoms. The summed E-state index contributed by atoms with van der Waals surface area (Å²) in [6.07, 6.45) is -5.79. The van der Waals surface area contributed by atoms with Gasteiger partial charge in [-0.15, -0.1) is 0 Å². The molecule has 0 aliphatic carbocycles. The fraction of sp³-hybridized carbons (Fsp3) is 0.200. The topological polar surface area (TPSA) is 70.8 Å². The number of fused-ring (bicyclic) bond motifs is 2. The van der Waals surface area contributed by atoms with Crippen LogP contribution < -0.4 is 9.64 Å². The molecule has 1 amide bonds. The van der Waals surface area contributed by atoms with Crippen LogP contribution in [0, 0.1) is 0 Å². The number of ether oxygens (including phenoxy) is 1. The maximum atomic E-state index is 13.2. The summed E-state index contributed by atoms with van der Waals surface area (Å²) in [5.74, 6) is -0.398. The summed E-state index contributed by atoms with van der Waals surface area (Å²) in [6, 6.07) is 17.9. The number of carbonyl (C=O) groups is 1.